The van der Waals surface area contributed by atoms with Gasteiger partial charge in [-0.25, -0.2) is 4.79 Å². The SMILES string of the molecule is C=CC(=O)Oc1ccc(O)cc1C. The molecule has 0 aliphatic rings. The lowest BCUT2D eigenvalue weighted by atomic mass is 10.2. The van der Waals surface area contributed by atoms with Gasteiger partial charge < -0.3 is 9.84 Å². The highest BCUT2D eigenvalue weighted by Gasteiger charge is 2.03. The summed E-state index contributed by atoms with van der Waals surface area (Å²) in [7, 11) is 0. The van der Waals surface area contributed by atoms with E-state index in [1.54, 1.807) is 6.92 Å². The van der Waals surface area contributed by atoms with Gasteiger partial charge in [0.2, 0.25) is 0 Å². The van der Waals surface area contributed by atoms with Crippen molar-refractivity contribution in [3.63, 3.8) is 0 Å². The number of benzene rings is 1. The second-order valence-electron chi connectivity index (χ2n) is 2.58. The molecular formula is C10H10O3. The summed E-state index contributed by atoms with van der Waals surface area (Å²) in [6, 6.07) is 4.51. The number of carbonyl (C=O) groups is 1. The summed E-state index contributed by atoms with van der Waals surface area (Å²) in [6.45, 7) is 5.02. The fraction of sp³-hybridized carbons (Fsp3) is 0.100. The quantitative estimate of drug-likeness (QED) is 0.426. The molecule has 13 heavy (non-hydrogen) atoms. The monoisotopic (exact) mass is 178 g/mol. The third-order valence-corrected chi connectivity index (χ3v) is 1.54. The molecule has 0 saturated heterocycles. The van der Waals surface area contributed by atoms with Gasteiger partial charge in [-0.15, -0.1) is 0 Å². The number of carbonyl (C=O) groups excluding carboxylic acids is 1. The molecule has 1 N–H and O–H groups in total. The second-order valence-corrected chi connectivity index (χ2v) is 2.58. The van der Waals surface area contributed by atoms with Gasteiger partial charge in [0.05, 0.1) is 0 Å². The Morgan fingerprint density at radius 1 is 1.62 bits per heavy atom. The third-order valence-electron chi connectivity index (χ3n) is 1.54. The van der Waals surface area contributed by atoms with E-state index in [0.29, 0.717) is 11.3 Å². The predicted octanol–water partition coefficient (Wildman–Crippen LogP) is 1.79. The Labute approximate surface area is 76.3 Å². The van der Waals surface area contributed by atoms with Crippen LogP contribution in [0.3, 0.4) is 0 Å². The van der Waals surface area contributed by atoms with Crippen molar-refractivity contribution >= 4 is 5.97 Å². The highest BCUT2D eigenvalue weighted by molar-refractivity contribution is 5.83. The van der Waals surface area contributed by atoms with Crippen LogP contribution in [-0.2, 0) is 4.79 Å². The standard InChI is InChI=1S/C10H10O3/c1-3-10(12)13-9-5-4-8(11)6-7(9)2/h3-6,11H,1H2,2H3. The minimum atomic E-state index is -0.506. The van der Waals surface area contributed by atoms with E-state index in [1.165, 1.54) is 18.2 Å². The largest absolute Gasteiger partial charge is 0.508 e. The highest BCUT2D eigenvalue weighted by atomic mass is 16.5. The number of hydrogen-bond acceptors (Lipinski definition) is 3. The summed E-state index contributed by atoms with van der Waals surface area (Å²) in [5, 5.41) is 9.07. The van der Waals surface area contributed by atoms with E-state index in [-0.39, 0.29) is 5.75 Å². The van der Waals surface area contributed by atoms with Gasteiger partial charge in [-0.05, 0) is 30.7 Å². The van der Waals surface area contributed by atoms with Crippen LogP contribution in [0.5, 0.6) is 11.5 Å². The Morgan fingerprint density at radius 2 is 2.31 bits per heavy atom. The molecule has 0 aliphatic carbocycles. The minimum Gasteiger partial charge on any atom is -0.508 e. The van der Waals surface area contributed by atoms with E-state index < -0.39 is 5.97 Å². The summed E-state index contributed by atoms with van der Waals surface area (Å²) in [5.74, 6) is 0.0763. The van der Waals surface area contributed by atoms with E-state index in [0.717, 1.165) is 6.08 Å². The van der Waals surface area contributed by atoms with E-state index in [2.05, 4.69) is 6.58 Å². The lowest BCUT2D eigenvalue weighted by molar-refractivity contribution is -0.129. The number of esters is 1. The molecule has 0 saturated carbocycles. The van der Waals surface area contributed by atoms with Crippen molar-refractivity contribution in [3.05, 3.63) is 36.4 Å². The zero-order chi connectivity index (χ0) is 9.84. The molecule has 0 spiro atoms. The average molecular weight is 178 g/mol. The van der Waals surface area contributed by atoms with Gasteiger partial charge in [0, 0.05) is 6.08 Å². The summed E-state index contributed by atoms with van der Waals surface area (Å²) >= 11 is 0. The molecule has 0 aromatic heterocycles. The van der Waals surface area contributed by atoms with Crippen molar-refractivity contribution in [1.29, 1.82) is 0 Å². The molecular weight excluding hydrogens is 168 g/mol. The first-order valence-corrected chi connectivity index (χ1v) is 3.77. The van der Waals surface area contributed by atoms with Crippen molar-refractivity contribution in [2.45, 2.75) is 6.92 Å². The van der Waals surface area contributed by atoms with Gasteiger partial charge in [0.1, 0.15) is 11.5 Å². The molecule has 0 radical (unpaired) electrons. The van der Waals surface area contributed by atoms with Gasteiger partial charge in [-0.2, -0.15) is 0 Å². The van der Waals surface area contributed by atoms with Crippen molar-refractivity contribution in [2.75, 3.05) is 0 Å². The fourth-order valence-corrected chi connectivity index (χ4v) is 0.898. The van der Waals surface area contributed by atoms with Crippen LogP contribution in [-0.4, -0.2) is 11.1 Å². The zero-order valence-corrected chi connectivity index (χ0v) is 7.28. The van der Waals surface area contributed by atoms with Gasteiger partial charge in [-0.1, -0.05) is 6.58 Å². The Hall–Kier alpha value is -1.77. The van der Waals surface area contributed by atoms with Crippen LogP contribution in [0.25, 0.3) is 0 Å². The van der Waals surface area contributed by atoms with E-state index >= 15 is 0 Å². The predicted molar refractivity (Wildman–Crippen MR) is 48.7 cm³/mol. The molecule has 0 aliphatic heterocycles. The van der Waals surface area contributed by atoms with Crippen LogP contribution in [0, 0.1) is 6.92 Å². The second kappa shape index (κ2) is 3.76. The summed E-state index contributed by atoms with van der Waals surface area (Å²) < 4.78 is 4.88. The maximum atomic E-state index is 10.8. The molecule has 1 rings (SSSR count). The first-order valence-electron chi connectivity index (χ1n) is 3.77. The van der Waals surface area contributed by atoms with Crippen LogP contribution < -0.4 is 4.74 Å². The number of hydrogen-bond donors (Lipinski definition) is 1. The molecule has 0 bridgehead atoms. The van der Waals surface area contributed by atoms with Crippen LogP contribution in [0.2, 0.25) is 0 Å². The Morgan fingerprint density at radius 3 is 2.85 bits per heavy atom. The Balaban J connectivity index is 2.89. The third kappa shape index (κ3) is 2.33. The summed E-state index contributed by atoms with van der Waals surface area (Å²) in [4.78, 5) is 10.8. The molecule has 68 valence electrons. The van der Waals surface area contributed by atoms with Crippen LogP contribution in [0.4, 0.5) is 0 Å². The van der Waals surface area contributed by atoms with Crippen molar-refractivity contribution < 1.29 is 14.6 Å². The van der Waals surface area contributed by atoms with Crippen LogP contribution in [0.1, 0.15) is 5.56 Å². The number of phenols is 1. The lowest BCUT2D eigenvalue weighted by Crippen LogP contribution is -2.03. The minimum absolute atomic E-state index is 0.149. The molecule has 0 amide bonds. The van der Waals surface area contributed by atoms with E-state index in [9.17, 15) is 4.79 Å². The molecule has 1 aromatic rings. The molecule has 0 unspecified atom stereocenters. The number of ether oxygens (including phenoxy) is 1. The maximum absolute atomic E-state index is 10.8. The molecule has 0 heterocycles. The molecule has 3 heteroatoms. The van der Waals surface area contributed by atoms with Gasteiger partial charge >= 0.3 is 5.97 Å². The van der Waals surface area contributed by atoms with Gasteiger partial charge in [0.25, 0.3) is 0 Å². The van der Waals surface area contributed by atoms with E-state index in [1.807, 2.05) is 0 Å². The highest BCUT2D eigenvalue weighted by Crippen LogP contribution is 2.22. The zero-order valence-electron chi connectivity index (χ0n) is 7.28. The van der Waals surface area contributed by atoms with Crippen molar-refractivity contribution in [2.24, 2.45) is 0 Å². The molecule has 0 fully saturated rings. The van der Waals surface area contributed by atoms with Crippen molar-refractivity contribution in [3.8, 4) is 11.5 Å². The van der Waals surface area contributed by atoms with Gasteiger partial charge in [-0.3, -0.25) is 0 Å². The van der Waals surface area contributed by atoms with Crippen LogP contribution >= 0.6 is 0 Å². The Bertz CT molecular complexity index is 342. The van der Waals surface area contributed by atoms with Crippen LogP contribution in [0.15, 0.2) is 30.9 Å². The Kier molecular flexibility index (Phi) is 2.69. The number of rotatable bonds is 2. The van der Waals surface area contributed by atoms with Gasteiger partial charge in [0.15, 0.2) is 0 Å². The normalized spacial score (nSPS) is 9.31. The fourth-order valence-electron chi connectivity index (χ4n) is 0.898. The first-order chi connectivity index (χ1) is 6.13. The summed E-state index contributed by atoms with van der Waals surface area (Å²) in [5.41, 5.74) is 0.704. The first kappa shape index (κ1) is 9.32. The molecule has 3 nitrogen and oxygen atoms in total. The topological polar surface area (TPSA) is 46.5 Å². The maximum Gasteiger partial charge on any atom is 0.335 e. The molecule has 1 aromatic carbocycles. The average Bonchev–Trinajstić information content (AvgIpc) is 2.09. The number of phenolic OH excluding ortho intramolecular Hbond substituents is 1. The summed E-state index contributed by atoms with van der Waals surface area (Å²) in [6.07, 6.45) is 1.09. The van der Waals surface area contributed by atoms with E-state index in [4.69, 9.17) is 9.84 Å². The van der Waals surface area contributed by atoms with Crippen molar-refractivity contribution in [1.82, 2.24) is 0 Å². The lowest BCUT2D eigenvalue weighted by Gasteiger charge is -2.04. The number of aromatic hydroxyl groups is 1. The molecule has 0 atom stereocenters. The smallest absolute Gasteiger partial charge is 0.335 e. The number of aryl methyl sites for hydroxylation is 1.